The standard InChI is InChI=1S/C4H12BN3O/c5-3(9)1-2-8-4(6)7/h3,9H,1-2,5H2,(H4,6,7,8). The number of nitrogens with two attached hydrogens (primary N) is 2. The van der Waals surface area contributed by atoms with E-state index >= 15 is 0 Å². The van der Waals surface area contributed by atoms with Gasteiger partial charge in [0.15, 0.2) is 5.96 Å². The molecule has 5 heteroatoms. The van der Waals surface area contributed by atoms with Gasteiger partial charge in [0.05, 0.1) is 0 Å². The van der Waals surface area contributed by atoms with Crippen molar-refractivity contribution in [2.75, 3.05) is 6.54 Å². The van der Waals surface area contributed by atoms with Gasteiger partial charge in [0.2, 0.25) is 0 Å². The molecule has 0 aromatic carbocycles. The molecule has 5 N–H and O–H groups in total. The van der Waals surface area contributed by atoms with Crippen molar-refractivity contribution in [3.63, 3.8) is 0 Å². The Morgan fingerprint density at radius 1 is 1.67 bits per heavy atom. The summed E-state index contributed by atoms with van der Waals surface area (Å²) in [5, 5.41) is 8.71. The Kier molecular flexibility index (Phi) is 3.87. The van der Waals surface area contributed by atoms with Crippen molar-refractivity contribution >= 4 is 13.8 Å². The molecule has 0 rings (SSSR count). The summed E-state index contributed by atoms with van der Waals surface area (Å²) in [7, 11) is 1.70. The molecule has 1 unspecified atom stereocenters. The van der Waals surface area contributed by atoms with E-state index in [2.05, 4.69) is 4.99 Å². The summed E-state index contributed by atoms with van der Waals surface area (Å²) >= 11 is 0. The average Bonchev–Trinajstić information content (AvgIpc) is 1.63. The van der Waals surface area contributed by atoms with E-state index < -0.39 is 0 Å². The average molecular weight is 129 g/mol. The summed E-state index contributed by atoms with van der Waals surface area (Å²) in [6, 6.07) is -0.326. The zero-order chi connectivity index (χ0) is 7.28. The lowest BCUT2D eigenvalue weighted by Gasteiger charge is -1.98. The molecule has 0 spiro atoms. The molecular formula is C4H12BN3O. The molecule has 9 heavy (non-hydrogen) atoms. The first-order valence-corrected chi connectivity index (χ1v) is 2.86. The van der Waals surface area contributed by atoms with Gasteiger partial charge in [0, 0.05) is 12.5 Å². The highest BCUT2D eigenvalue weighted by atomic mass is 16.3. The summed E-state index contributed by atoms with van der Waals surface area (Å²) in [5.74, 6) is 0.0793. The maximum Gasteiger partial charge on any atom is 0.185 e. The molecule has 1 atom stereocenters. The van der Waals surface area contributed by atoms with Gasteiger partial charge in [-0.25, -0.2) is 0 Å². The smallest absolute Gasteiger partial charge is 0.185 e. The third kappa shape index (κ3) is 7.29. The van der Waals surface area contributed by atoms with E-state index in [-0.39, 0.29) is 12.0 Å². The molecule has 4 nitrogen and oxygen atoms in total. The van der Waals surface area contributed by atoms with E-state index in [0.717, 1.165) is 0 Å². The third-order valence-electron chi connectivity index (χ3n) is 0.841. The van der Waals surface area contributed by atoms with Crippen molar-refractivity contribution in [3.05, 3.63) is 0 Å². The van der Waals surface area contributed by atoms with Gasteiger partial charge < -0.3 is 16.6 Å². The first-order chi connectivity index (χ1) is 4.13. The molecule has 0 aliphatic carbocycles. The van der Waals surface area contributed by atoms with Gasteiger partial charge in [-0.15, -0.1) is 0 Å². The fourth-order valence-corrected chi connectivity index (χ4v) is 0.380. The SMILES string of the molecule is BC(O)CCN=C(N)N. The van der Waals surface area contributed by atoms with Crippen LogP contribution in [0.25, 0.3) is 0 Å². The number of nitrogens with zero attached hydrogens (tertiary/aromatic N) is 1. The first-order valence-electron chi connectivity index (χ1n) is 2.86. The van der Waals surface area contributed by atoms with Gasteiger partial charge in [-0.05, 0) is 6.42 Å². The summed E-state index contributed by atoms with van der Waals surface area (Å²) in [4.78, 5) is 3.68. The van der Waals surface area contributed by atoms with Crippen LogP contribution < -0.4 is 11.5 Å². The molecule has 0 radical (unpaired) electrons. The van der Waals surface area contributed by atoms with Gasteiger partial charge >= 0.3 is 0 Å². The van der Waals surface area contributed by atoms with Crippen LogP contribution in [-0.2, 0) is 0 Å². The molecule has 0 aromatic heterocycles. The minimum atomic E-state index is -0.326. The molecule has 0 bridgehead atoms. The fourth-order valence-electron chi connectivity index (χ4n) is 0.380. The van der Waals surface area contributed by atoms with E-state index in [1.807, 2.05) is 0 Å². The minimum absolute atomic E-state index is 0.0793. The van der Waals surface area contributed by atoms with E-state index in [0.29, 0.717) is 13.0 Å². The Labute approximate surface area is 55.4 Å². The van der Waals surface area contributed by atoms with Crippen molar-refractivity contribution in [1.29, 1.82) is 0 Å². The van der Waals surface area contributed by atoms with Crippen molar-refractivity contribution in [3.8, 4) is 0 Å². The molecule has 0 aliphatic heterocycles. The van der Waals surface area contributed by atoms with Crippen LogP contribution in [0.15, 0.2) is 4.99 Å². The van der Waals surface area contributed by atoms with Crippen molar-refractivity contribution < 1.29 is 5.11 Å². The second-order valence-electron chi connectivity index (χ2n) is 1.94. The lowest BCUT2D eigenvalue weighted by Crippen LogP contribution is -2.23. The number of aliphatic imine (C=N–C) groups is 1. The second kappa shape index (κ2) is 4.20. The lowest BCUT2D eigenvalue weighted by molar-refractivity contribution is 0.248. The first kappa shape index (κ1) is 8.29. The zero-order valence-electron chi connectivity index (χ0n) is 5.54. The molecule has 0 fully saturated rings. The molecule has 0 aliphatic rings. The van der Waals surface area contributed by atoms with Gasteiger partial charge in [-0.3, -0.25) is 4.99 Å². The number of guanidine groups is 1. The monoisotopic (exact) mass is 129 g/mol. The molecule has 0 heterocycles. The minimum Gasteiger partial charge on any atom is -0.402 e. The van der Waals surface area contributed by atoms with Gasteiger partial charge in [-0.2, -0.15) is 0 Å². The number of aliphatic hydroxyl groups is 1. The molecular weight excluding hydrogens is 117 g/mol. The van der Waals surface area contributed by atoms with E-state index in [1.54, 1.807) is 7.85 Å². The Bertz CT molecular complexity index is 100.0. The molecule has 52 valence electrons. The molecule has 0 saturated heterocycles. The molecule has 0 aromatic rings. The van der Waals surface area contributed by atoms with Crippen LogP contribution in [0.2, 0.25) is 0 Å². The van der Waals surface area contributed by atoms with Crippen LogP contribution in [0, 0.1) is 0 Å². The van der Waals surface area contributed by atoms with Gasteiger partial charge in [0.25, 0.3) is 0 Å². The summed E-state index contributed by atoms with van der Waals surface area (Å²) in [6.07, 6.45) is 0.609. The maximum atomic E-state index is 8.71. The van der Waals surface area contributed by atoms with Crippen LogP contribution in [0.5, 0.6) is 0 Å². The highest BCUT2D eigenvalue weighted by Crippen LogP contribution is 1.84. The summed E-state index contributed by atoms with van der Waals surface area (Å²) < 4.78 is 0. The maximum absolute atomic E-state index is 8.71. The summed E-state index contributed by atoms with van der Waals surface area (Å²) in [5.41, 5.74) is 10.0. The Hall–Kier alpha value is -0.705. The number of aliphatic hydroxyl groups excluding tert-OH is 1. The van der Waals surface area contributed by atoms with Crippen LogP contribution in [0.4, 0.5) is 0 Å². The predicted molar refractivity (Wildman–Crippen MR) is 39.8 cm³/mol. The predicted octanol–water partition coefficient (Wildman–Crippen LogP) is -2.40. The third-order valence-corrected chi connectivity index (χ3v) is 0.841. The van der Waals surface area contributed by atoms with Gasteiger partial charge in [-0.1, -0.05) is 0 Å². The Balaban J connectivity index is 3.20. The topological polar surface area (TPSA) is 84.6 Å². The van der Waals surface area contributed by atoms with E-state index in [9.17, 15) is 0 Å². The Morgan fingerprint density at radius 3 is 2.56 bits per heavy atom. The largest absolute Gasteiger partial charge is 0.402 e. The van der Waals surface area contributed by atoms with Crippen molar-refractivity contribution in [2.45, 2.75) is 12.4 Å². The van der Waals surface area contributed by atoms with Crippen LogP contribution in [-0.4, -0.2) is 31.5 Å². The highest BCUT2D eigenvalue weighted by Gasteiger charge is 1.92. The van der Waals surface area contributed by atoms with Gasteiger partial charge in [0.1, 0.15) is 7.85 Å². The highest BCUT2D eigenvalue weighted by molar-refractivity contribution is 6.10. The van der Waals surface area contributed by atoms with E-state index in [4.69, 9.17) is 16.6 Å². The summed E-state index contributed by atoms with van der Waals surface area (Å²) in [6.45, 7) is 0.500. The van der Waals surface area contributed by atoms with Crippen molar-refractivity contribution in [2.24, 2.45) is 16.5 Å². The number of hydrogen-bond donors (Lipinski definition) is 3. The normalized spacial score (nSPS) is 12.6. The number of rotatable bonds is 3. The Morgan fingerprint density at radius 2 is 2.22 bits per heavy atom. The van der Waals surface area contributed by atoms with Crippen LogP contribution >= 0.6 is 0 Å². The number of hydrogen-bond acceptors (Lipinski definition) is 2. The van der Waals surface area contributed by atoms with Crippen LogP contribution in [0.1, 0.15) is 6.42 Å². The molecule has 0 saturated carbocycles. The van der Waals surface area contributed by atoms with Crippen molar-refractivity contribution in [1.82, 2.24) is 0 Å². The lowest BCUT2D eigenvalue weighted by atomic mass is 9.97. The van der Waals surface area contributed by atoms with Crippen LogP contribution in [0.3, 0.4) is 0 Å². The molecule has 0 amide bonds. The zero-order valence-corrected chi connectivity index (χ0v) is 5.54. The quantitative estimate of drug-likeness (QED) is 0.225. The second-order valence-corrected chi connectivity index (χ2v) is 1.94. The van der Waals surface area contributed by atoms with E-state index in [1.165, 1.54) is 0 Å². The fraction of sp³-hybridized carbons (Fsp3) is 0.750.